The molecule has 1 atom stereocenters. The predicted molar refractivity (Wildman–Crippen MR) is 102 cm³/mol. The van der Waals surface area contributed by atoms with Crippen LogP contribution in [0, 0.1) is 11.2 Å². The Hall–Kier alpha value is -1.31. The first-order valence-corrected chi connectivity index (χ1v) is 10.2. The average molecular weight is 401 g/mol. The normalized spacial score (nSPS) is 13.5. The summed E-state index contributed by atoms with van der Waals surface area (Å²) in [6.45, 7) is 0. The summed E-state index contributed by atoms with van der Waals surface area (Å²) in [4.78, 5) is 12.3. The molecular formula is C18H14Cl3O2S+. The monoisotopic (exact) mass is 399 g/mol. The van der Waals surface area contributed by atoms with Gasteiger partial charge in [0.1, 0.15) is 6.26 Å². The van der Waals surface area contributed by atoms with Gasteiger partial charge in [-0.2, -0.15) is 0 Å². The lowest BCUT2D eigenvalue weighted by Gasteiger charge is -2.11. The second-order valence-corrected chi connectivity index (χ2v) is 10.0. The highest BCUT2D eigenvalue weighted by Gasteiger charge is 2.26. The average Bonchev–Trinajstić information content (AvgIpc) is 2.53. The van der Waals surface area contributed by atoms with Crippen molar-refractivity contribution in [3.63, 3.8) is 0 Å². The molecule has 0 fully saturated rings. The molecule has 24 heavy (non-hydrogen) atoms. The van der Waals surface area contributed by atoms with Crippen LogP contribution < -0.4 is 0 Å². The fourth-order valence-electron chi connectivity index (χ4n) is 1.90. The molecule has 0 aliphatic carbocycles. The molecule has 0 bridgehead atoms. The van der Waals surface area contributed by atoms with Crippen molar-refractivity contribution in [2.24, 2.45) is 0 Å². The van der Waals surface area contributed by atoms with Crippen LogP contribution in [0.3, 0.4) is 0 Å². The Labute approximate surface area is 157 Å². The van der Waals surface area contributed by atoms with E-state index in [9.17, 15) is 9.00 Å². The second-order valence-electron chi connectivity index (χ2n) is 5.24. The number of halogens is 3. The van der Waals surface area contributed by atoms with E-state index < -0.39 is 13.7 Å². The quantitative estimate of drug-likeness (QED) is 0.320. The van der Waals surface area contributed by atoms with Gasteiger partial charge in [-0.3, -0.25) is 4.79 Å². The molecule has 1 unspecified atom stereocenters. The van der Waals surface area contributed by atoms with E-state index >= 15 is 0 Å². The Bertz CT molecular complexity index is 829. The third-order valence-electron chi connectivity index (χ3n) is 3.13. The van der Waals surface area contributed by atoms with E-state index in [1.54, 1.807) is 24.3 Å². The molecule has 0 saturated carbocycles. The second kappa shape index (κ2) is 7.72. The molecule has 0 amide bonds. The summed E-state index contributed by atoms with van der Waals surface area (Å²) in [5, 5.41) is 2.71. The maximum absolute atomic E-state index is 12.5. The van der Waals surface area contributed by atoms with Gasteiger partial charge in [0.05, 0.1) is 0 Å². The zero-order valence-electron chi connectivity index (χ0n) is 12.8. The molecule has 2 aromatic rings. The third kappa shape index (κ3) is 5.65. The van der Waals surface area contributed by atoms with Gasteiger partial charge < -0.3 is 0 Å². The van der Waals surface area contributed by atoms with Crippen LogP contribution >= 0.6 is 34.8 Å². The minimum atomic E-state index is -2.60. The highest BCUT2D eigenvalue weighted by Crippen LogP contribution is 2.38. The summed E-state index contributed by atoms with van der Waals surface area (Å²) in [7, 11) is -2.60. The maximum atomic E-state index is 12.5. The SMILES string of the molecule is C[S+](=O)(C#Cc1ccccc1)CC(=O)c1ccc(C(Cl)(Cl)Cl)cc1. The number of rotatable bonds is 3. The predicted octanol–water partition coefficient (Wildman–Crippen LogP) is 4.83. The summed E-state index contributed by atoms with van der Waals surface area (Å²) in [6, 6.07) is 15.4. The molecule has 0 aliphatic heterocycles. The topological polar surface area (TPSA) is 34.1 Å². The number of carbonyl (C=O) groups is 1. The fraction of sp³-hybridized carbons (Fsp3) is 0.167. The minimum absolute atomic E-state index is 0.153. The first-order chi connectivity index (χ1) is 11.2. The van der Waals surface area contributed by atoms with Crippen LogP contribution in [0.25, 0.3) is 0 Å². The van der Waals surface area contributed by atoms with Crippen LogP contribution in [0.5, 0.6) is 0 Å². The molecule has 124 valence electrons. The number of hydrogen-bond acceptors (Lipinski definition) is 2. The summed E-state index contributed by atoms with van der Waals surface area (Å²) in [6.07, 6.45) is 1.48. The maximum Gasteiger partial charge on any atom is 0.216 e. The van der Waals surface area contributed by atoms with Crippen molar-refractivity contribution in [3.8, 4) is 11.2 Å². The molecule has 2 rings (SSSR count). The number of alkyl halides is 3. The molecule has 0 N–H and O–H groups in total. The summed E-state index contributed by atoms with van der Waals surface area (Å²) < 4.78 is 11.0. The van der Waals surface area contributed by atoms with E-state index in [0.717, 1.165) is 5.56 Å². The molecule has 0 saturated heterocycles. The Balaban J connectivity index is 2.11. The van der Waals surface area contributed by atoms with Gasteiger partial charge in [-0.15, -0.1) is 0 Å². The van der Waals surface area contributed by atoms with E-state index in [2.05, 4.69) is 11.2 Å². The highest BCUT2D eigenvalue weighted by molar-refractivity contribution is 8.07. The van der Waals surface area contributed by atoms with Crippen LogP contribution in [0.15, 0.2) is 54.6 Å². The standard InChI is InChI=1S/C18H14Cl3O2S/c1-24(23,12-11-14-5-3-2-4-6-14)13-17(22)15-7-9-16(10-8-15)18(19,20)21/h2-10H,13H2,1H3/q+1. The molecule has 0 spiro atoms. The van der Waals surface area contributed by atoms with E-state index in [1.807, 2.05) is 30.3 Å². The molecule has 0 aromatic heterocycles. The molecule has 6 heteroatoms. The molecule has 0 heterocycles. The first-order valence-electron chi connectivity index (χ1n) is 6.92. The van der Waals surface area contributed by atoms with Crippen LogP contribution in [0.2, 0.25) is 0 Å². The lowest BCUT2D eigenvalue weighted by atomic mass is 10.1. The van der Waals surface area contributed by atoms with Gasteiger partial charge in [-0.25, -0.2) is 0 Å². The van der Waals surface area contributed by atoms with Gasteiger partial charge in [-0.05, 0) is 18.1 Å². The van der Waals surface area contributed by atoms with Gasteiger partial charge >= 0.3 is 0 Å². The van der Waals surface area contributed by atoms with E-state index in [4.69, 9.17) is 34.8 Å². The zero-order chi connectivity index (χ0) is 17.8. The third-order valence-corrected chi connectivity index (χ3v) is 5.13. The molecule has 2 nitrogen and oxygen atoms in total. The van der Waals surface area contributed by atoms with Crippen molar-refractivity contribution < 1.29 is 9.00 Å². The zero-order valence-corrected chi connectivity index (χ0v) is 15.8. The summed E-state index contributed by atoms with van der Waals surface area (Å²) in [5.41, 5.74) is 1.63. The Kier molecular flexibility index (Phi) is 6.11. The Morgan fingerprint density at radius 2 is 1.62 bits per heavy atom. The molecule has 0 aliphatic rings. The molecular weight excluding hydrogens is 387 g/mol. The van der Waals surface area contributed by atoms with E-state index in [1.165, 1.54) is 6.26 Å². The molecule has 0 radical (unpaired) electrons. The van der Waals surface area contributed by atoms with Crippen molar-refractivity contribution in [1.82, 2.24) is 0 Å². The largest absolute Gasteiger partial charge is 0.289 e. The van der Waals surface area contributed by atoms with Crippen molar-refractivity contribution in [1.29, 1.82) is 0 Å². The van der Waals surface area contributed by atoms with Crippen LogP contribution in [-0.2, 0) is 17.9 Å². The highest BCUT2D eigenvalue weighted by atomic mass is 35.6. The van der Waals surface area contributed by atoms with Crippen molar-refractivity contribution in [3.05, 3.63) is 71.3 Å². The Morgan fingerprint density at radius 1 is 1.04 bits per heavy atom. The Morgan fingerprint density at radius 3 is 2.17 bits per heavy atom. The van der Waals surface area contributed by atoms with Crippen LogP contribution in [0.1, 0.15) is 21.5 Å². The number of carbonyl (C=O) groups excluding carboxylic acids is 1. The first kappa shape index (κ1) is 19.0. The van der Waals surface area contributed by atoms with Gasteiger partial charge in [0, 0.05) is 16.7 Å². The summed E-state index contributed by atoms with van der Waals surface area (Å²) >= 11 is 17.3. The van der Waals surface area contributed by atoms with E-state index in [0.29, 0.717) is 11.1 Å². The number of benzene rings is 2. The van der Waals surface area contributed by atoms with Gasteiger partial charge in [0.15, 0.2) is 20.9 Å². The van der Waals surface area contributed by atoms with Gasteiger partial charge in [-0.1, -0.05) is 81.5 Å². The fourth-order valence-corrected chi connectivity index (χ4v) is 3.35. The van der Waals surface area contributed by atoms with Crippen molar-refractivity contribution >= 4 is 50.5 Å². The number of hydrogen-bond donors (Lipinski definition) is 0. The van der Waals surface area contributed by atoms with Crippen molar-refractivity contribution in [2.45, 2.75) is 3.79 Å². The lowest BCUT2D eigenvalue weighted by molar-refractivity contribution is 0.102. The molecule has 2 aromatic carbocycles. The van der Waals surface area contributed by atoms with Crippen LogP contribution in [-0.4, -0.2) is 17.8 Å². The van der Waals surface area contributed by atoms with Gasteiger partial charge in [0.25, 0.3) is 0 Å². The van der Waals surface area contributed by atoms with Crippen LogP contribution in [0.4, 0.5) is 0 Å². The smallest absolute Gasteiger partial charge is 0.216 e. The number of Topliss-reactive ketones (excluding diaryl/α,β-unsaturated/α-hetero) is 1. The summed E-state index contributed by atoms with van der Waals surface area (Å²) in [5.74, 6) is 2.42. The minimum Gasteiger partial charge on any atom is -0.289 e. The van der Waals surface area contributed by atoms with E-state index in [-0.39, 0.29) is 11.5 Å². The van der Waals surface area contributed by atoms with Gasteiger partial charge in [0.2, 0.25) is 9.58 Å². The number of ketones is 1. The lowest BCUT2D eigenvalue weighted by Crippen LogP contribution is -2.19. The van der Waals surface area contributed by atoms with Crippen molar-refractivity contribution in [2.75, 3.05) is 12.0 Å².